The van der Waals surface area contributed by atoms with Crippen LogP contribution in [0.2, 0.25) is 0 Å². The third kappa shape index (κ3) is 0.762. The van der Waals surface area contributed by atoms with Crippen LogP contribution in [0, 0.1) is 16.7 Å². The van der Waals surface area contributed by atoms with E-state index in [1.54, 1.807) is 0 Å². The Hall–Kier alpha value is -0.370. The summed E-state index contributed by atoms with van der Waals surface area (Å²) >= 11 is 0. The Bertz CT molecular complexity index is 278. The van der Waals surface area contributed by atoms with Crippen LogP contribution in [0.1, 0.15) is 40.5 Å². The van der Waals surface area contributed by atoms with Crippen molar-refractivity contribution in [2.45, 2.75) is 46.1 Å². The van der Waals surface area contributed by atoms with Gasteiger partial charge < -0.3 is 5.11 Å². The summed E-state index contributed by atoms with van der Waals surface area (Å²) in [6.07, 6.45) is 1.20. The summed E-state index contributed by atoms with van der Waals surface area (Å²) < 4.78 is 0. The second-order valence-electron chi connectivity index (χ2n) is 5.73. The maximum Gasteiger partial charge on any atom is 0.137 e. The van der Waals surface area contributed by atoms with E-state index in [-0.39, 0.29) is 16.7 Å². The maximum atomic E-state index is 11.6. The molecule has 0 heterocycles. The van der Waals surface area contributed by atoms with Crippen molar-refractivity contribution in [3.63, 3.8) is 0 Å². The molecule has 1 N–H and O–H groups in total. The van der Waals surface area contributed by atoms with Gasteiger partial charge in [-0.1, -0.05) is 20.8 Å². The molecule has 3 atom stereocenters. The van der Waals surface area contributed by atoms with Gasteiger partial charge in [0, 0.05) is 17.8 Å². The van der Waals surface area contributed by atoms with Gasteiger partial charge in [-0.25, -0.2) is 0 Å². The van der Waals surface area contributed by atoms with Crippen LogP contribution in [-0.2, 0) is 4.79 Å². The highest BCUT2D eigenvalue weighted by Crippen LogP contribution is 2.67. The van der Waals surface area contributed by atoms with Crippen LogP contribution in [0.4, 0.5) is 0 Å². The topological polar surface area (TPSA) is 37.3 Å². The molecule has 2 aliphatic rings. The average Bonchev–Trinajstić information content (AvgIpc) is 2.17. The molecular formula is C11H18O2. The van der Waals surface area contributed by atoms with Gasteiger partial charge in [-0.05, 0) is 18.8 Å². The summed E-state index contributed by atoms with van der Waals surface area (Å²) in [6.45, 7) is 8.16. The van der Waals surface area contributed by atoms with Crippen molar-refractivity contribution in [1.29, 1.82) is 0 Å². The Balaban J connectivity index is 2.54. The van der Waals surface area contributed by atoms with E-state index in [4.69, 9.17) is 0 Å². The Kier molecular flexibility index (Phi) is 1.42. The van der Waals surface area contributed by atoms with Crippen LogP contribution in [0.5, 0.6) is 0 Å². The van der Waals surface area contributed by atoms with E-state index >= 15 is 0 Å². The van der Waals surface area contributed by atoms with Crippen molar-refractivity contribution in [1.82, 2.24) is 0 Å². The van der Waals surface area contributed by atoms with Crippen molar-refractivity contribution < 1.29 is 9.90 Å². The number of carbonyl (C=O) groups excluding carboxylic acids is 1. The highest BCUT2D eigenvalue weighted by atomic mass is 16.3. The molecule has 0 saturated heterocycles. The zero-order valence-electron chi connectivity index (χ0n) is 8.85. The van der Waals surface area contributed by atoms with Gasteiger partial charge >= 0.3 is 0 Å². The molecule has 0 aromatic rings. The molecule has 2 aliphatic carbocycles. The number of aliphatic hydroxyl groups is 1. The lowest BCUT2D eigenvalue weighted by molar-refractivity contribution is -0.130. The number of rotatable bonds is 0. The van der Waals surface area contributed by atoms with Gasteiger partial charge in [0.1, 0.15) is 5.78 Å². The summed E-state index contributed by atoms with van der Waals surface area (Å²) in [5, 5.41) is 10.2. The first-order chi connectivity index (χ1) is 5.72. The minimum Gasteiger partial charge on any atom is -0.390 e. The highest BCUT2D eigenvalue weighted by Gasteiger charge is 2.69. The second kappa shape index (κ2) is 2.00. The quantitative estimate of drug-likeness (QED) is 0.620. The standard InChI is InChI=1S/C11H18O2/c1-9(2)7-5-11(4,13)10(9,3)6-8(7)12/h7,13H,5-6H2,1-4H3/t7-,10+,11+/m0/s1. The van der Waals surface area contributed by atoms with Crippen molar-refractivity contribution in [3.8, 4) is 0 Å². The van der Waals surface area contributed by atoms with Crippen molar-refractivity contribution in [2.75, 3.05) is 0 Å². The fourth-order valence-corrected chi connectivity index (χ4v) is 3.36. The fourth-order valence-electron chi connectivity index (χ4n) is 3.36. The monoisotopic (exact) mass is 182 g/mol. The number of Topliss-reactive ketones (excluding diaryl/α,β-unsaturated/α-hetero) is 1. The molecule has 2 saturated carbocycles. The van der Waals surface area contributed by atoms with Crippen molar-refractivity contribution in [3.05, 3.63) is 0 Å². The zero-order valence-corrected chi connectivity index (χ0v) is 8.85. The molecule has 74 valence electrons. The van der Waals surface area contributed by atoms with E-state index < -0.39 is 5.60 Å². The summed E-state index contributed by atoms with van der Waals surface area (Å²) in [5.41, 5.74) is -0.912. The van der Waals surface area contributed by atoms with Gasteiger partial charge in [-0.3, -0.25) is 4.79 Å². The van der Waals surface area contributed by atoms with Gasteiger partial charge in [-0.2, -0.15) is 0 Å². The Morgan fingerprint density at radius 1 is 1.31 bits per heavy atom. The normalized spacial score (nSPS) is 53.0. The first kappa shape index (κ1) is 9.20. The fraction of sp³-hybridized carbons (Fsp3) is 0.909. The summed E-state index contributed by atoms with van der Waals surface area (Å²) in [5.74, 6) is 0.423. The third-order valence-corrected chi connectivity index (χ3v) is 5.00. The SMILES string of the molecule is CC1(C)[C@H]2C[C@@](C)(O)[C@]1(C)CC2=O. The Labute approximate surface area is 79.3 Å². The van der Waals surface area contributed by atoms with Crippen LogP contribution >= 0.6 is 0 Å². The molecule has 0 spiro atoms. The van der Waals surface area contributed by atoms with Gasteiger partial charge in [-0.15, -0.1) is 0 Å². The molecule has 0 radical (unpaired) electrons. The van der Waals surface area contributed by atoms with Crippen LogP contribution < -0.4 is 0 Å². The molecule has 0 amide bonds. The molecule has 0 aliphatic heterocycles. The summed E-state index contributed by atoms with van der Waals surface area (Å²) in [6, 6.07) is 0. The predicted molar refractivity (Wildman–Crippen MR) is 50.2 cm³/mol. The number of carbonyl (C=O) groups is 1. The molecule has 0 aromatic heterocycles. The molecule has 13 heavy (non-hydrogen) atoms. The average molecular weight is 182 g/mol. The molecule has 2 nitrogen and oxygen atoms in total. The van der Waals surface area contributed by atoms with E-state index in [0.29, 0.717) is 18.6 Å². The maximum absolute atomic E-state index is 11.6. The molecule has 0 aromatic carbocycles. The summed E-state index contributed by atoms with van der Waals surface area (Å²) in [4.78, 5) is 11.6. The smallest absolute Gasteiger partial charge is 0.137 e. The number of hydrogen-bond acceptors (Lipinski definition) is 2. The first-order valence-electron chi connectivity index (χ1n) is 4.97. The van der Waals surface area contributed by atoms with Crippen LogP contribution in [0.3, 0.4) is 0 Å². The summed E-state index contributed by atoms with van der Waals surface area (Å²) in [7, 11) is 0. The van der Waals surface area contributed by atoms with E-state index in [0.717, 1.165) is 0 Å². The lowest BCUT2D eigenvalue weighted by Crippen LogP contribution is -2.45. The Morgan fingerprint density at radius 3 is 2.08 bits per heavy atom. The van der Waals surface area contributed by atoms with Crippen molar-refractivity contribution in [2.24, 2.45) is 16.7 Å². The molecule has 2 fully saturated rings. The predicted octanol–water partition coefficient (Wildman–Crippen LogP) is 1.76. The largest absolute Gasteiger partial charge is 0.390 e. The Morgan fingerprint density at radius 2 is 1.85 bits per heavy atom. The molecule has 2 heteroatoms. The van der Waals surface area contributed by atoms with E-state index in [1.165, 1.54) is 0 Å². The van der Waals surface area contributed by atoms with E-state index in [9.17, 15) is 9.90 Å². The van der Waals surface area contributed by atoms with Gasteiger partial charge in [0.2, 0.25) is 0 Å². The van der Waals surface area contributed by atoms with Crippen molar-refractivity contribution >= 4 is 5.78 Å². The second-order valence-corrected chi connectivity index (χ2v) is 5.73. The minimum absolute atomic E-state index is 0.0341. The van der Waals surface area contributed by atoms with E-state index in [1.807, 2.05) is 6.92 Å². The van der Waals surface area contributed by atoms with Gasteiger partial charge in [0.15, 0.2) is 0 Å². The molecule has 2 bridgehead atoms. The van der Waals surface area contributed by atoms with Crippen LogP contribution in [0.15, 0.2) is 0 Å². The van der Waals surface area contributed by atoms with Crippen LogP contribution in [-0.4, -0.2) is 16.5 Å². The minimum atomic E-state index is -0.658. The number of ketones is 1. The lowest BCUT2D eigenvalue weighted by Gasteiger charge is -2.42. The van der Waals surface area contributed by atoms with Gasteiger partial charge in [0.25, 0.3) is 0 Å². The molecule has 0 unspecified atom stereocenters. The lowest BCUT2D eigenvalue weighted by atomic mass is 9.65. The van der Waals surface area contributed by atoms with Crippen LogP contribution in [0.25, 0.3) is 0 Å². The number of fused-ring (bicyclic) bond motifs is 2. The number of hydrogen-bond donors (Lipinski definition) is 1. The first-order valence-corrected chi connectivity index (χ1v) is 4.97. The van der Waals surface area contributed by atoms with E-state index in [2.05, 4.69) is 20.8 Å². The highest BCUT2D eigenvalue weighted by molar-refractivity contribution is 5.87. The van der Waals surface area contributed by atoms with Gasteiger partial charge in [0.05, 0.1) is 5.60 Å². The molecule has 2 rings (SSSR count). The molecular weight excluding hydrogens is 164 g/mol. The zero-order chi connectivity index (χ0) is 10.1. The third-order valence-electron chi connectivity index (χ3n) is 5.00.